The van der Waals surface area contributed by atoms with Crippen LogP contribution in [0, 0.1) is 11.8 Å². The lowest BCUT2D eigenvalue weighted by molar-refractivity contribution is -0.141. The summed E-state index contributed by atoms with van der Waals surface area (Å²) in [5.41, 5.74) is 3.28. The molecule has 232 valence electrons. The van der Waals surface area contributed by atoms with Gasteiger partial charge in [0.25, 0.3) is 5.91 Å². The largest absolute Gasteiger partial charge is 0.508 e. The van der Waals surface area contributed by atoms with Gasteiger partial charge in [0, 0.05) is 11.8 Å². The molecule has 45 heavy (non-hydrogen) atoms. The first kappa shape index (κ1) is 28.3. The average Bonchev–Trinajstić information content (AvgIpc) is 3.81. The van der Waals surface area contributed by atoms with Gasteiger partial charge in [-0.1, -0.05) is 17.3 Å². The molecule has 0 bridgehead atoms. The van der Waals surface area contributed by atoms with E-state index in [-0.39, 0.29) is 30.8 Å². The summed E-state index contributed by atoms with van der Waals surface area (Å²) < 4.78 is 35.4. The maximum Gasteiger partial charge on any atom is 0.310 e. The smallest absolute Gasteiger partial charge is 0.310 e. The van der Waals surface area contributed by atoms with Gasteiger partial charge in [0.15, 0.2) is 28.7 Å². The van der Waals surface area contributed by atoms with Crippen molar-refractivity contribution in [2.45, 2.75) is 18.5 Å². The monoisotopic (exact) mass is 614 g/mol. The molecule has 4 atom stereocenters. The van der Waals surface area contributed by atoms with Crippen LogP contribution in [-0.2, 0) is 16.1 Å². The zero-order valence-electron chi connectivity index (χ0n) is 24.7. The molecule has 13 nitrogen and oxygen atoms in total. The van der Waals surface area contributed by atoms with Crippen LogP contribution in [0.4, 0.5) is 0 Å². The minimum absolute atomic E-state index is 0.0587. The van der Waals surface area contributed by atoms with Crippen LogP contribution in [0.2, 0.25) is 0 Å². The van der Waals surface area contributed by atoms with Gasteiger partial charge in [-0.3, -0.25) is 9.59 Å². The lowest BCUT2D eigenvalue weighted by Gasteiger charge is -2.39. The Hall–Kier alpha value is -5.46. The Labute approximate surface area is 257 Å². The number of carbonyl (C=O) groups is 2. The van der Waals surface area contributed by atoms with E-state index < -0.39 is 29.7 Å². The number of esters is 1. The quantitative estimate of drug-likeness (QED) is 0.282. The van der Waals surface area contributed by atoms with Crippen LogP contribution in [0.15, 0.2) is 54.7 Å². The molecule has 1 fully saturated rings. The molecule has 0 spiro atoms. The highest BCUT2D eigenvalue weighted by molar-refractivity contribution is 5.92. The molecular weight excluding hydrogens is 584 g/mol. The number of fused-ring (bicyclic) bond motifs is 3. The molecule has 7 rings (SSSR count). The van der Waals surface area contributed by atoms with Crippen molar-refractivity contribution in [3.05, 3.63) is 82.7 Å². The fraction of sp³-hybridized carbons (Fsp3) is 0.312. The lowest BCUT2D eigenvalue weighted by atomic mass is 9.65. The van der Waals surface area contributed by atoms with Crippen molar-refractivity contribution in [3.63, 3.8) is 0 Å². The zero-order valence-corrected chi connectivity index (χ0v) is 24.7. The van der Waals surface area contributed by atoms with Crippen molar-refractivity contribution in [1.29, 1.82) is 0 Å². The zero-order chi connectivity index (χ0) is 31.2. The molecule has 2 N–H and O–H groups in total. The van der Waals surface area contributed by atoms with Crippen molar-refractivity contribution in [1.82, 2.24) is 20.3 Å². The molecule has 1 saturated heterocycles. The maximum absolute atomic E-state index is 13.6. The third kappa shape index (κ3) is 4.89. The topological polar surface area (TPSA) is 152 Å². The number of phenols is 1. The van der Waals surface area contributed by atoms with Crippen LogP contribution in [-0.4, -0.2) is 66.7 Å². The normalized spacial score (nSPS) is 21.0. The summed E-state index contributed by atoms with van der Waals surface area (Å²) in [7, 11) is 4.60. The number of hydrogen-bond donors (Lipinski definition) is 2. The molecule has 0 saturated carbocycles. The van der Waals surface area contributed by atoms with Crippen molar-refractivity contribution >= 4 is 11.9 Å². The second-order valence-electron chi connectivity index (χ2n) is 11.0. The second kappa shape index (κ2) is 11.2. The minimum atomic E-state index is -0.642. The molecule has 0 radical (unpaired) electrons. The first-order valence-corrected chi connectivity index (χ1v) is 14.3. The number of methoxy groups -OCH3 is 3. The molecule has 1 amide bonds. The predicted octanol–water partition coefficient (Wildman–Crippen LogP) is 3.19. The second-order valence-corrected chi connectivity index (χ2v) is 11.0. The van der Waals surface area contributed by atoms with Gasteiger partial charge < -0.3 is 38.8 Å². The number of aromatic nitrogens is 3. The number of phenolic OH excluding ortho intramolecular Hbond substituents is 1. The van der Waals surface area contributed by atoms with Crippen molar-refractivity contribution in [2.24, 2.45) is 11.8 Å². The van der Waals surface area contributed by atoms with Crippen LogP contribution in [0.1, 0.15) is 44.7 Å². The standard InChI is InChI=1S/C32H30N4O9/c1-40-25-8-17(9-26(41-2)30(25)42-3)27-19-10-23-24(45-15-44-23)11-20(19)29(21-14-43-32(39)28(21)27)33-31(38)22-13-36(35-34-22)12-16-4-6-18(37)7-5-16/h4-11,13,21,27-29,37H,12,14-15H2,1-3H3,(H,33,38)/t21-,27+,28-,29+/m0/s1. The highest BCUT2D eigenvalue weighted by Gasteiger charge is 2.53. The summed E-state index contributed by atoms with van der Waals surface area (Å²) in [6.07, 6.45) is 1.55. The summed E-state index contributed by atoms with van der Waals surface area (Å²) in [6, 6.07) is 13.5. The summed E-state index contributed by atoms with van der Waals surface area (Å²) in [5, 5.41) is 20.9. The maximum atomic E-state index is 13.6. The number of aromatic hydroxyl groups is 1. The Bertz CT molecular complexity index is 1760. The Morgan fingerprint density at radius 2 is 1.67 bits per heavy atom. The average molecular weight is 615 g/mol. The summed E-state index contributed by atoms with van der Waals surface area (Å²) in [4.78, 5) is 27.1. The number of amides is 1. The van der Waals surface area contributed by atoms with E-state index in [2.05, 4.69) is 15.6 Å². The van der Waals surface area contributed by atoms with Gasteiger partial charge in [-0.2, -0.15) is 0 Å². The first-order chi connectivity index (χ1) is 21.9. The van der Waals surface area contributed by atoms with Gasteiger partial charge >= 0.3 is 5.97 Å². The fourth-order valence-corrected chi connectivity index (χ4v) is 6.51. The Morgan fingerprint density at radius 3 is 2.33 bits per heavy atom. The Morgan fingerprint density at radius 1 is 0.978 bits per heavy atom. The molecule has 0 unspecified atom stereocenters. The van der Waals surface area contributed by atoms with Gasteiger partial charge in [-0.05, 0) is 58.7 Å². The number of hydrogen-bond acceptors (Lipinski definition) is 11. The van der Waals surface area contributed by atoms with E-state index in [4.69, 9.17) is 28.4 Å². The predicted molar refractivity (Wildman–Crippen MR) is 156 cm³/mol. The first-order valence-electron chi connectivity index (χ1n) is 14.3. The Kier molecular flexibility index (Phi) is 7.07. The van der Waals surface area contributed by atoms with Crippen LogP contribution >= 0.6 is 0 Å². The van der Waals surface area contributed by atoms with E-state index >= 15 is 0 Å². The van der Waals surface area contributed by atoms with Crippen LogP contribution in [0.5, 0.6) is 34.5 Å². The molecule has 4 aromatic rings. The number of rotatable bonds is 8. The van der Waals surface area contributed by atoms with Crippen molar-refractivity contribution < 1.29 is 43.1 Å². The molecule has 1 aliphatic carbocycles. The number of benzene rings is 3. The number of ether oxygens (including phenoxy) is 6. The summed E-state index contributed by atoms with van der Waals surface area (Å²) >= 11 is 0. The fourth-order valence-electron chi connectivity index (χ4n) is 6.51. The van der Waals surface area contributed by atoms with Gasteiger partial charge in [-0.15, -0.1) is 5.10 Å². The van der Waals surface area contributed by atoms with E-state index in [9.17, 15) is 14.7 Å². The number of carbonyl (C=O) groups excluding carboxylic acids is 2. The minimum Gasteiger partial charge on any atom is -0.508 e. The number of nitrogens with one attached hydrogen (secondary N) is 1. The van der Waals surface area contributed by atoms with Crippen molar-refractivity contribution in [3.8, 4) is 34.5 Å². The van der Waals surface area contributed by atoms with Gasteiger partial charge in [0.1, 0.15) is 5.75 Å². The van der Waals surface area contributed by atoms with Crippen LogP contribution in [0.3, 0.4) is 0 Å². The van der Waals surface area contributed by atoms with E-state index in [1.54, 1.807) is 35.1 Å². The molecule has 3 heterocycles. The third-order valence-electron chi connectivity index (χ3n) is 8.57. The highest BCUT2D eigenvalue weighted by Crippen LogP contribution is 2.55. The van der Waals surface area contributed by atoms with E-state index in [0.717, 1.165) is 22.3 Å². The van der Waals surface area contributed by atoms with Crippen LogP contribution < -0.4 is 29.0 Å². The molecule has 2 aliphatic heterocycles. The van der Waals surface area contributed by atoms with Gasteiger partial charge in [0.05, 0.1) is 52.6 Å². The van der Waals surface area contributed by atoms with Crippen LogP contribution in [0.25, 0.3) is 0 Å². The molecule has 3 aromatic carbocycles. The Balaban J connectivity index is 1.27. The summed E-state index contributed by atoms with van der Waals surface area (Å²) in [5.74, 6) is 0.201. The molecule has 1 aromatic heterocycles. The van der Waals surface area contributed by atoms with Crippen molar-refractivity contribution in [2.75, 3.05) is 34.7 Å². The van der Waals surface area contributed by atoms with Gasteiger partial charge in [-0.25, -0.2) is 4.68 Å². The van der Waals surface area contributed by atoms with E-state index in [0.29, 0.717) is 35.3 Å². The number of cyclic esters (lactones) is 1. The molecular formula is C32H30N4O9. The number of nitrogens with zero attached hydrogens (tertiary/aromatic N) is 3. The lowest BCUT2D eigenvalue weighted by Crippen LogP contribution is -2.43. The van der Waals surface area contributed by atoms with E-state index in [1.807, 2.05) is 24.3 Å². The molecule has 13 heteroatoms. The third-order valence-corrected chi connectivity index (χ3v) is 8.57. The SMILES string of the molecule is COc1cc([C@@H]2c3cc4c(cc3[C@@H](NC(=O)c3cn(Cc5ccc(O)cc5)nn3)[C@H]3COC(=O)[C@H]23)OCO4)cc(OC)c1OC. The molecule has 3 aliphatic rings. The highest BCUT2D eigenvalue weighted by atomic mass is 16.7. The van der Waals surface area contributed by atoms with Gasteiger partial charge in [0.2, 0.25) is 12.5 Å². The summed E-state index contributed by atoms with van der Waals surface area (Å²) in [6.45, 7) is 0.528. The van der Waals surface area contributed by atoms with E-state index in [1.165, 1.54) is 21.3 Å².